The molecule has 116 valence electrons. The highest BCUT2D eigenvalue weighted by atomic mass is 16.1. The fourth-order valence-corrected chi connectivity index (χ4v) is 3.18. The highest BCUT2D eigenvalue weighted by Gasteiger charge is 2.29. The summed E-state index contributed by atoms with van der Waals surface area (Å²) in [6.45, 7) is 1.48. The topological polar surface area (TPSA) is 58.4 Å². The summed E-state index contributed by atoms with van der Waals surface area (Å²) >= 11 is 0. The number of hydrogen-bond donors (Lipinski definition) is 2. The maximum absolute atomic E-state index is 12.5. The van der Waals surface area contributed by atoms with Crippen molar-refractivity contribution >= 4 is 11.6 Å². The van der Waals surface area contributed by atoms with Crippen LogP contribution in [0.15, 0.2) is 24.3 Å². The fourth-order valence-electron chi connectivity index (χ4n) is 3.18. The molecular weight excluding hydrogens is 262 g/mol. The minimum atomic E-state index is 0.0706. The van der Waals surface area contributed by atoms with Crippen LogP contribution in [0, 0.1) is 11.8 Å². The Balaban J connectivity index is 2.01. The van der Waals surface area contributed by atoms with Gasteiger partial charge >= 0.3 is 0 Å². The van der Waals surface area contributed by atoms with E-state index in [0.717, 1.165) is 31.5 Å². The van der Waals surface area contributed by atoms with Crippen molar-refractivity contribution < 1.29 is 4.79 Å². The normalized spacial score (nSPS) is 22.3. The Morgan fingerprint density at radius 2 is 2.10 bits per heavy atom. The Hall–Kier alpha value is -1.39. The van der Waals surface area contributed by atoms with E-state index in [2.05, 4.69) is 22.3 Å². The maximum Gasteiger partial charge on any atom is 0.227 e. The van der Waals surface area contributed by atoms with Gasteiger partial charge in [0.25, 0.3) is 0 Å². The van der Waals surface area contributed by atoms with Crippen LogP contribution < -0.4 is 11.1 Å². The number of carbonyl (C=O) groups excluding carboxylic acids is 1. The number of hydrogen-bond acceptors (Lipinski definition) is 3. The molecule has 1 aromatic rings. The van der Waals surface area contributed by atoms with Crippen LogP contribution in [0.5, 0.6) is 0 Å². The largest absolute Gasteiger partial charge is 0.330 e. The molecule has 0 radical (unpaired) electrons. The average Bonchev–Trinajstić information content (AvgIpc) is 2.46. The lowest BCUT2D eigenvalue weighted by Crippen LogP contribution is -2.35. The zero-order valence-electron chi connectivity index (χ0n) is 13.1. The van der Waals surface area contributed by atoms with Crippen LogP contribution in [0.3, 0.4) is 0 Å². The van der Waals surface area contributed by atoms with Crippen LogP contribution in [-0.4, -0.2) is 31.4 Å². The van der Waals surface area contributed by atoms with E-state index in [0.29, 0.717) is 12.5 Å². The number of nitrogens with zero attached hydrogens (tertiary/aromatic N) is 1. The summed E-state index contributed by atoms with van der Waals surface area (Å²) in [5, 5.41) is 3.08. The second-order valence-electron chi connectivity index (χ2n) is 6.31. The monoisotopic (exact) mass is 289 g/mol. The first-order valence-corrected chi connectivity index (χ1v) is 7.84. The maximum atomic E-state index is 12.5. The van der Waals surface area contributed by atoms with E-state index in [1.165, 1.54) is 12.0 Å². The number of rotatable bonds is 5. The quantitative estimate of drug-likeness (QED) is 0.875. The number of nitrogens with one attached hydrogen (secondary N) is 1. The molecule has 1 saturated carbocycles. The number of anilines is 1. The SMILES string of the molecule is CN(C)Cc1cccc(NC(=O)C2CCCCC2CN)c1. The van der Waals surface area contributed by atoms with E-state index < -0.39 is 0 Å². The summed E-state index contributed by atoms with van der Waals surface area (Å²) < 4.78 is 0. The molecule has 4 nitrogen and oxygen atoms in total. The van der Waals surface area contributed by atoms with Crippen LogP contribution in [0.25, 0.3) is 0 Å². The number of benzene rings is 1. The molecule has 0 aliphatic heterocycles. The van der Waals surface area contributed by atoms with Crippen LogP contribution in [0.4, 0.5) is 5.69 Å². The molecule has 0 bridgehead atoms. The van der Waals surface area contributed by atoms with E-state index in [4.69, 9.17) is 5.73 Å². The second-order valence-corrected chi connectivity index (χ2v) is 6.31. The van der Waals surface area contributed by atoms with Crippen LogP contribution in [-0.2, 0) is 11.3 Å². The van der Waals surface area contributed by atoms with Gasteiger partial charge in [0.15, 0.2) is 0 Å². The van der Waals surface area contributed by atoms with Gasteiger partial charge < -0.3 is 16.0 Å². The zero-order chi connectivity index (χ0) is 15.2. The minimum absolute atomic E-state index is 0.0706. The van der Waals surface area contributed by atoms with Crippen molar-refractivity contribution in [3.05, 3.63) is 29.8 Å². The van der Waals surface area contributed by atoms with Gasteiger partial charge in [-0.25, -0.2) is 0 Å². The van der Waals surface area contributed by atoms with Gasteiger partial charge in [-0.1, -0.05) is 25.0 Å². The predicted molar refractivity (Wildman–Crippen MR) is 87.0 cm³/mol. The molecule has 0 heterocycles. The third-order valence-electron chi connectivity index (χ3n) is 4.24. The van der Waals surface area contributed by atoms with Crippen molar-refractivity contribution in [3.63, 3.8) is 0 Å². The standard InChI is InChI=1S/C17H27N3O/c1-20(2)12-13-6-5-8-15(10-13)19-17(21)16-9-4-3-7-14(16)11-18/h5-6,8,10,14,16H,3-4,7,9,11-12,18H2,1-2H3,(H,19,21). The Bertz CT molecular complexity index is 473. The molecule has 1 amide bonds. The summed E-state index contributed by atoms with van der Waals surface area (Å²) in [4.78, 5) is 14.6. The molecule has 4 heteroatoms. The molecule has 0 spiro atoms. The van der Waals surface area contributed by atoms with E-state index >= 15 is 0 Å². The van der Waals surface area contributed by atoms with Gasteiger partial charge in [-0.2, -0.15) is 0 Å². The molecule has 0 aromatic heterocycles. The third kappa shape index (κ3) is 4.55. The number of amides is 1. The fraction of sp³-hybridized carbons (Fsp3) is 0.588. The average molecular weight is 289 g/mol. The van der Waals surface area contributed by atoms with Crippen LogP contribution >= 0.6 is 0 Å². The van der Waals surface area contributed by atoms with Crippen molar-refractivity contribution in [2.45, 2.75) is 32.2 Å². The van der Waals surface area contributed by atoms with E-state index in [-0.39, 0.29) is 11.8 Å². The molecule has 21 heavy (non-hydrogen) atoms. The predicted octanol–water partition coefficient (Wildman–Crippen LogP) is 2.45. The third-order valence-corrected chi connectivity index (χ3v) is 4.24. The van der Waals surface area contributed by atoms with Crippen LogP contribution in [0.1, 0.15) is 31.2 Å². The lowest BCUT2D eigenvalue weighted by Gasteiger charge is -2.29. The highest BCUT2D eigenvalue weighted by Crippen LogP contribution is 2.30. The molecule has 2 unspecified atom stereocenters. The van der Waals surface area contributed by atoms with Gasteiger partial charge in [0.2, 0.25) is 5.91 Å². The Morgan fingerprint density at radius 3 is 2.81 bits per heavy atom. The summed E-state index contributed by atoms with van der Waals surface area (Å²) in [7, 11) is 4.08. The summed E-state index contributed by atoms with van der Waals surface area (Å²) in [5.41, 5.74) is 7.91. The second kappa shape index (κ2) is 7.57. The lowest BCUT2D eigenvalue weighted by atomic mass is 9.78. The van der Waals surface area contributed by atoms with Gasteiger partial charge in [0.05, 0.1) is 0 Å². The number of nitrogens with two attached hydrogens (primary N) is 1. The first-order valence-electron chi connectivity index (χ1n) is 7.84. The Morgan fingerprint density at radius 1 is 1.33 bits per heavy atom. The smallest absolute Gasteiger partial charge is 0.227 e. The Labute approximate surface area is 127 Å². The molecule has 1 aromatic carbocycles. The lowest BCUT2D eigenvalue weighted by molar-refractivity contribution is -0.122. The molecule has 2 rings (SSSR count). The zero-order valence-corrected chi connectivity index (χ0v) is 13.1. The summed E-state index contributed by atoms with van der Waals surface area (Å²) in [6, 6.07) is 8.09. The van der Waals surface area contributed by atoms with Crippen molar-refractivity contribution in [2.24, 2.45) is 17.6 Å². The number of carbonyl (C=O) groups is 1. The van der Waals surface area contributed by atoms with Crippen LogP contribution in [0.2, 0.25) is 0 Å². The van der Waals surface area contributed by atoms with Gasteiger partial charge in [-0.05, 0) is 57.1 Å². The van der Waals surface area contributed by atoms with Crippen molar-refractivity contribution in [1.29, 1.82) is 0 Å². The van der Waals surface area contributed by atoms with Crippen molar-refractivity contribution in [2.75, 3.05) is 26.0 Å². The van der Waals surface area contributed by atoms with Crippen molar-refractivity contribution in [3.8, 4) is 0 Å². The molecule has 1 aliphatic carbocycles. The first kappa shape index (κ1) is 16.0. The van der Waals surface area contributed by atoms with Gasteiger partial charge in [-0.3, -0.25) is 4.79 Å². The molecule has 3 N–H and O–H groups in total. The minimum Gasteiger partial charge on any atom is -0.330 e. The van der Waals surface area contributed by atoms with Gasteiger partial charge in [0, 0.05) is 18.2 Å². The summed E-state index contributed by atoms with van der Waals surface area (Å²) in [6.07, 6.45) is 4.37. The molecule has 1 aliphatic rings. The summed E-state index contributed by atoms with van der Waals surface area (Å²) in [5.74, 6) is 0.539. The Kier molecular flexibility index (Phi) is 5.76. The molecule has 0 saturated heterocycles. The van der Waals surface area contributed by atoms with E-state index in [1.807, 2.05) is 26.2 Å². The molecule has 2 atom stereocenters. The van der Waals surface area contributed by atoms with Gasteiger partial charge in [-0.15, -0.1) is 0 Å². The molecular formula is C17H27N3O. The van der Waals surface area contributed by atoms with Gasteiger partial charge in [0.1, 0.15) is 0 Å². The highest BCUT2D eigenvalue weighted by molar-refractivity contribution is 5.92. The van der Waals surface area contributed by atoms with E-state index in [1.54, 1.807) is 0 Å². The van der Waals surface area contributed by atoms with Crippen molar-refractivity contribution in [1.82, 2.24) is 4.90 Å². The van der Waals surface area contributed by atoms with E-state index in [9.17, 15) is 4.79 Å². The molecule has 1 fully saturated rings. The first-order chi connectivity index (χ1) is 10.1.